The molecule has 0 bridgehead atoms. The number of hydrogen-bond donors (Lipinski definition) is 1. The molecule has 0 spiro atoms. The molecule has 1 aromatic rings. The van der Waals surface area contributed by atoms with Crippen molar-refractivity contribution in [2.24, 2.45) is 0 Å². The second-order valence-corrected chi connectivity index (χ2v) is 4.94. The quantitative estimate of drug-likeness (QED) is 0.896. The van der Waals surface area contributed by atoms with Crippen LogP contribution in [0.1, 0.15) is 44.8 Å². The van der Waals surface area contributed by atoms with E-state index in [1.807, 2.05) is 26.8 Å². The van der Waals surface area contributed by atoms with Gasteiger partial charge in [0.25, 0.3) is 0 Å². The third kappa shape index (κ3) is 3.24. The van der Waals surface area contributed by atoms with Gasteiger partial charge in [0.05, 0.1) is 0 Å². The predicted molar refractivity (Wildman–Crippen MR) is 70.0 cm³/mol. The topological polar surface area (TPSA) is 50.7 Å². The molecule has 0 radical (unpaired) electrons. The fourth-order valence-electron chi connectivity index (χ4n) is 1.99. The van der Waals surface area contributed by atoms with E-state index in [4.69, 9.17) is 0 Å². The molecule has 18 heavy (non-hydrogen) atoms. The molecule has 4 nitrogen and oxygen atoms in total. The predicted octanol–water partition coefficient (Wildman–Crippen LogP) is 2.91. The minimum Gasteiger partial charge on any atom is -0.352 e. The fraction of sp³-hybridized carbons (Fsp3) is 0.615. The summed E-state index contributed by atoms with van der Waals surface area (Å²) in [5.74, 6) is 1.83. The van der Waals surface area contributed by atoms with Crippen LogP contribution in [0.25, 0.3) is 5.57 Å². The van der Waals surface area contributed by atoms with Crippen LogP contribution in [-0.4, -0.2) is 27.2 Å². The van der Waals surface area contributed by atoms with E-state index in [0.717, 1.165) is 12.0 Å². The number of nitrogens with zero attached hydrogens (tertiary/aromatic N) is 3. The molecule has 0 amide bonds. The van der Waals surface area contributed by atoms with Crippen molar-refractivity contribution in [3.63, 3.8) is 0 Å². The lowest BCUT2D eigenvalue weighted by molar-refractivity contribution is 0.315. The van der Waals surface area contributed by atoms with Crippen molar-refractivity contribution in [3.8, 4) is 0 Å². The van der Waals surface area contributed by atoms with E-state index < -0.39 is 6.17 Å². The molecule has 5 heteroatoms. The first-order valence-corrected chi connectivity index (χ1v) is 6.37. The molecule has 0 fully saturated rings. The van der Waals surface area contributed by atoms with Gasteiger partial charge in [-0.25, -0.2) is 9.37 Å². The summed E-state index contributed by atoms with van der Waals surface area (Å²) in [5.41, 5.74) is 0.894. The van der Waals surface area contributed by atoms with Gasteiger partial charge in [0.1, 0.15) is 12.0 Å². The number of nitrogens with one attached hydrogen (secondary N) is 1. The fourth-order valence-corrected chi connectivity index (χ4v) is 1.99. The lowest BCUT2D eigenvalue weighted by Gasteiger charge is -2.16. The van der Waals surface area contributed by atoms with Gasteiger partial charge in [0, 0.05) is 12.5 Å². The Balaban J connectivity index is 2.27. The molecule has 1 aliphatic rings. The highest BCUT2D eigenvalue weighted by atomic mass is 19.1. The zero-order valence-electron chi connectivity index (χ0n) is 11.1. The third-order valence-electron chi connectivity index (χ3n) is 2.76. The first-order valence-electron chi connectivity index (χ1n) is 6.37. The summed E-state index contributed by atoms with van der Waals surface area (Å²) in [7, 11) is 0. The van der Waals surface area contributed by atoms with E-state index in [-0.39, 0.29) is 6.04 Å². The molecule has 1 heterocycles. The van der Waals surface area contributed by atoms with Gasteiger partial charge in [-0.1, -0.05) is 6.08 Å². The normalized spacial score (nSPS) is 19.8. The molecule has 98 valence electrons. The Kier molecular flexibility index (Phi) is 3.89. The number of anilines is 1. The maximum absolute atomic E-state index is 13.4. The van der Waals surface area contributed by atoms with Crippen LogP contribution in [0.15, 0.2) is 6.08 Å². The molecule has 0 aromatic carbocycles. The standard InChI is InChI=1S/C13H19FN4/c1-8(2)15-13-17-9(3)16-12(18-13)10-5-4-6-11(14)7-10/h5,8,11H,4,6-7H2,1-3H3,(H,15,16,17,18). The van der Waals surface area contributed by atoms with E-state index in [2.05, 4.69) is 20.3 Å². The van der Waals surface area contributed by atoms with Crippen LogP contribution in [0.4, 0.5) is 10.3 Å². The van der Waals surface area contributed by atoms with Crippen molar-refractivity contribution >= 4 is 11.5 Å². The molecule has 1 aromatic heterocycles. The molecular weight excluding hydrogens is 231 g/mol. The minimum atomic E-state index is -0.774. The molecule has 1 atom stereocenters. The Labute approximate surface area is 107 Å². The number of rotatable bonds is 3. The number of halogens is 1. The highest BCUT2D eigenvalue weighted by Gasteiger charge is 2.18. The van der Waals surface area contributed by atoms with Crippen molar-refractivity contribution in [1.29, 1.82) is 0 Å². The molecule has 0 aliphatic heterocycles. The van der Waals surface area contributed by atoms with E-state index in [9.17, 15) is 4.39 Å². The summed E-state index contributed by atoms with van der Waals surface area (Å²) in [6.45, 7) is 5.87. The van der Waals surface area contributed by atoms with Crippen molar-refractivity contribution in [1.82, 2.24) is 15.0 Å². The first kappa shape index (κ1) is 12.9. The van der Waals surface area contributed by atoms with Gasteiger partial charge in [0.2, 0.25) is 5.95 Å². The molecular formula is C13H19FN4. The summed E-state index contributed by atoms with van der Waals surface area (Å²) in [6, 6.07) is 0.258. The van der Waals surface area contributed by atoms with Gasteiger partial charge >= 0.3 is 0 Å². The van der Waals surface area contributed by atoms with Gasteiger partial charge in [-0.2, -0.15) is 9.97 Å². The summed E-state index contributed by atoms with van der Waals surface area (Å²) in [5, 5.41) is 3.15. The van der Waals surface area contributed by atoms with Gasteiger partial charge in [-0.3, -0.25) is 0 Å². The molecule has 1 aliphatic carbocycles. The lowest BCUT2D eigenvalue weighted by Crippen LogP contribution is -2.16. The van der Waals surface area contributed by atoms with Crippen LogP contribution in [-0.2, 0) is 0 Å². The van der Waals surface area contributed by atoms with Gasteiger partial charge in [-0.15, -0.1) is 0 Å². The van der Waals surface area contributed by atoms with Crippen LogP contribution >= 0.6 is 0 Å². The maximum atomic E-state index is 13.4. The summed E-state index contributed by atoms with van der Waals surface area (Å²) in [4.78, 5) is 12.9. The SMILES string of the molecule is Cc1nc(NC(C)C)nc(C2=CCCC(F)C2)n1. The number of aryl methyl sites for hydroxylation is 1. The van der Waals surface area contributed by atoms with Crippen molar-refractivity contribution < 1.29 is 4.39 Å². The Morgan fingerprint density at radius 3 is 2.78 bits per heavy atom. The largest absolute Gasteiger partial charge is 0.352 e. The van der Waals surface area contributed by atoms with Crippen LogP contribution in [0.3, 0.4) is 0 Å². The van der Waals surface area contributed by atoms with Crippen LogP contribution in [0.2, 0.25) is 0 Å². The summed E-state index contributed by atoms with van der Waals surface area (Å²) in [6.07, 6.45) is 3.02. The summed E-state index contributed by atoms with van der Waals surface area (Å²) < 4.78 is 13.4. The van der Waals surface area contributed by atoms with Gasteiger partial charge in [-0.05, 0) is 39.2 Å². The zero-order chi connectivity index (χ0) is 13.1. The number of hydrogen-bond acceptors (Lipinski definition) is 4. The molecule has 2 rings (SSSR count). The number of aromatic nitrogens is 3. The molecule has 1 unspecified atom stereocenters. The average Bonchev–Trinajstić information content (AvgIpc) is 2.27. The average molecular weight is 250 g/mol. The maximum Gasteiger partial charge on any atom is 0.226 e. The van der Waals surface area contributed by atoms with E-state index in [0.29, 0.717) is 30.4 Å². The van der Waals surface area contributed by atoms with Gasteiger partial charge < -0.3 is 5.32 Å². The second-order valence-electron chi connectivity index (χ2n) is 4.94. The highest BCUT2D eigenvalue weighted by molar-refractivity contribution is 5.61. The van der Waals surface area contributed by atoms with Crippen LogP contribution in [0.5, 0.6) is 0 Å². The monoisotopic (exact) mass is 250 g/mol. The van der Waals surface area contributed by atoms with Crippen LogP contribution in [0, 0.1) is 6.92 Å². The van der Waals surface area contributed by atoms with Crippen molar-refractivity contribution in [2.75, 3.05) is 5.32 Å². The van der Waals surface area contributed by atoms with E-state index >= 15 is 0 Å². The van der Waals surface area contributed by atoms with Crippen molar-refractivity contribution in [3.05, 3.63) is 17.7 Å². The number of allylic oxidation sites excluding steroid dienone is 2. The Hall–Kier alpha value is -1.52. The Bertz CT molecular complexity index is 456. The lowest BCUT2D eigenvalue weighted by atomic mass is 9.97. The zero-order valence-corrected chi connectivity index (χ0v) is 11.1. The summed E-state index contributed by atoms with van der Waals surface area (Å²) >= 11 is 0. The molecule has 1 N–H and O–H groups in total. The smallest absolute Gasteiger partial charge is 0.226 e. The first-order chi connectivity index (χ1) is 8.54. The van der Waals surface area contributed by atoms with E-state index in [1.165, 1.54) is 0 Å². The Morgan fingerprint density at radius 2 is 2.11 bits per heavy atom. The van der Waals surface area contributed by atoms with E-state index in [1.54, 1.807) is 0 Å². The molecule has 0 saturated carbocycles. The minimum absolute atomic E-state index is 0.258. The van der Waals surface area contributed by atoms with Crippen LogP contribution < -0.4 is 5.32 Å². The number of alkyl halides is 1. The van der Waals surface area contributed by atoms with Gasteiger partial charge in [0.15, 0.2) is 5.82 Å². The van der Waals surface area contributed by atoms with Crippen molar-refractivity contribution in [2.45, 2.75) is 52.2 Å². The second kappa shape index (κ2) is 5.42. The third-order valence-corrected chi connectivity index (χ3v) is 2.76. The highest BCUT2D eigenvalue weighted by Crippen LogP contribution is 2.27. The molecule has 0 saturated heterocycles. The Morgan fingerprint density at radius 1 is 1.33 bits per heavy atom.